The fourth-order valence-corrected chi connectivity index (χ4v) is 1.66. The maximum Gasteiger partial charge on any atom is 0.259 e. The van der Waals surface area contributed by atoms with Gasteiger partial charge in [0.15, 0.2) is 0 Å². The second-order valence-corrected chi connectivity index (χ2v) is 3.67. The first-order chi connectivity index (χ1) is 8.13. The van der Waals surface area contributed by atoms with Gasteiger partial charge in [0.05, 0.1) is 5.69 Å². The standard InChI is InChI=1S/C12H13N3O2/c13-6-8-5-9(14)7-15(12(8)17)10-3-1-2-4-11(10)16/h1-5,7,16H,6,13-14H2. The Balaban J connectivity index is 2.72. The molecule has 88 valence electrons. The first-order valence-electron chi connectivity index (χ1n) is 5.13. The molecule has 0 aliphatic rings. The summed E-state index contributed by atoms with van der Waals surface area (Å²) >= 11 is 0. The zero-order valence-electron chi connectivity index (χ0n) is 9.13. The van der Waals surface area contributed by atoms with E-state index in [9.17, 15) is 9.90 Å². The highest BCUT2D eigenvalue weighted by molar-refractivity contribution is 5.49. The van der Waals surface area contributed by atoms with Crippen molar-refractivity contribution in [2.24, 2.45) is 5.73 Å². The van der Waals surface area contributed by atoms with E-state index in [4.69, 9.17) is 11.5 Å². The van der Waals surface area contributed by atoms with Crippen LogP contribution in [0.4, 0.5) is 5.69 Å². The Bertz CT molecular complexity index is 605. The van der Waals surface area contributed by atoms with Crippen molar-refractivity contribution in [3.05, 3.63) is 52.4 Å². The number of nitrogen functional groups attached to an aromatic ring is 1. The molecule has 5 N–H and O–H groups in total. The van der Waals surface area contributed by atoms with E-state index < -0.39 is 0 Å². The molecule has 2 rings (SSSR count). The van der Waals surface area contributed by atoms with Gasteiger partial charge >= 0.3 is 0 Å². The molecule has 0 aliphatic heterocycles. The number of phenols is 1. The number of anilines is 1. The molecule has 0 radical (unpaired) electrons. The summed E-state index contributed by atoms with van der Waals surface area (Å²) in [6.07, 6.45) is 1.47. The predicted octanol–water partition coefficient (Wildman–Crippen LogP) is 0.584. The van der Waals surface area contributed by atoms with Gasteiger partial charge in [-0.2, -0.15) is 0 Å². The van der Waals surface area contributed by atoms with Gasteiger partial charge in [-0.25, -0.2) is 0 Å². The number of benzene rings is 1. The minimum absolute atomic E-state index is 0.0168. The molecule has 0 saturated heterocycles. The molecule has 1 aromatic heterocycles. The molecule has 0 unspecified atom stereocenters. The third-order valence-electron chi connectivity index (χ3n) is 2.47. The first kappa shape index (κ1) is 11.2. The van der Waals surface area contributed by atoms with E-state index in [2.05, 4.69) is 0 Å². The van der Waals surface area contributed by atoms with Crippen LogP contribution < -0.4 is 17.0 Å². The van der Waals surface area contributed by atoms with Crippen molar-refractivity contribution >= 4 is 5.69 Å². The highest BCUT2D eigenvalue weighted by Gasteiger charge is 2.08. The Morgan fingerprint density at radius 1 is 1.29 bits per heavy atom. The van der Waals surface area contributed by atoms with Gasteiger partial charge in [0.1, 0.15) is 5.75 Å². The van der Waals surface area contributed by atoms with Crippen molar-refractivity contribution in [3.8, 4) is 11.4 Å². The van der Waals surface area contributed by atoms with Crippen LogP contribution in [0.15, 0.2) is 41.3 Å². The molecule has 0 amide bonds. The van der Waals surface area contributed by atoms with E-state index in [1.54, 1.807) is 24.3 Å². The number of pyridine rings is 1. The van der Waals surface area contributed by atoms with Gasteiger partial charge in [-0.3, -0.25) is 9.36 Å². The normalized spacial score (nSPS) is 10.4. The Kier molecular flexibility index (Phi) is 2.84. The van der Waals surface area contributed by atoms with Crippen molar-refractivity contribution in [1.29, 1.82) is 0 Å². The molecule has 0 aliphatic carbocycles. The molecule has 5 heteroatoms. The Labute approximate surface area is 97.9 Å². The number of aromatic nitrogens is 1. The predicted molar refractivity (Wildman–Crippen MR) is 66.0 cm³/mol. The molecule has 0 saturated carbocycles. The number of para-hydroxylation sites is 2. The lowest BCUT2D eigenvalue weighted by Gasteiger charge is -2.10. The van der Waals surface area contributed by atoms with Crippen molar-refractivity contribution in [2.75, 3.05) is 5.73 Å². The SMILES string of the molecule is NCc1cc(N)cn(-c2ccccc2O)c1=O. The molecule has 5 nitrogen and oxygen atoms in total. The van der Waals surface area contributed by atoms with Crippen LogP contribution in [0.25, 0.3) is 5.69 Å². The monoisotopic (exact) mass is 231 g/mol. The number of nitrogens with two attached hydrogens (primary N) is 2. The van der Waals surface area contributed by atoms with Crippen LogP contribution in [0.1, 0.15) is 5.56 Å². The van der Waals surface area contributed by atoms with Crippen LogP contribution >= 0.6 is 0 Å². The first-order valence-corrected chi connectivity index (χ1v) is 5.13. The summed E-state index contributed by atoms with van der Waals surface area (Å²) in [6.45, 7) is 0.109. The summed E-state index contributed by atoms with van der Waals surface area (Å²) in [5, 5.41) is 9.71. The summed E-state index contributed by atoms with van der Waals surface area (Å²) in [4.78, 5) is 12.0. The van der Waals surface area contributed by atoms with E-state index in [0.29, 0.717) is 16.9 Å². The van der Waals surface area contributed by atoms with Gasteiger partial charge in [0.25, 0.3) is 5.56 Å². The van der Waals surface area contributed by atoms with Gasteiger partial charge in [-0.1, -0.05) is 12.1 Å². The van der Waals surface area contributed by atoms with Crippen LogP contribution in [0.3, 0.4) is 0 Å². The molecular formula is C12H13N3O2. The lowest BCUT2D eigenvalue weighted by Crippen LogP contribution is -2.24. The summed E-state index contributed by atoms with van der Waals surface area (Å²) in [5.74, 6) is 0.0168. The lowest BCUT2D eigenvalue weighted by atomic mass is 10.2. The molecule has 17 heavy (non-hydrogen) atoms. The summed E-state index contributed by atoms with van der Waals surface area (Å²) in [6, 6.07) is 8.09. The largest absolute Gasteiger partial charge is 0.506 e. The molecule has 0 bridgehead atoms. The Morgan fingerprint density at radius 3 is 2.65 bits per heavy atom. The molecule has 2 aromatic rings. The van der Waals surface area contributed by atoms with E-state index in [1.165, 1.54) is 16.8 Å². The van der Waals surface area contributed by atoms with Crippen molar-refractivity contribution in [3.63, 3.8) is 0 Å². The summed E-state index contributed by atoms with van der Waals surface area (Å²) in [7, 11) is 0. The van der Waals surface area contributed by atoms with Crippen LogP contribution in [0.2, 0.25) is 0 Å². The maximum absolute atomic E-state index is 12.0. The zero-order valence-corrected chi connectivity index (χ0v) is 9.13. The second kappa shape index (κ2) is 4.31. The molecule has 1 heterocycles. The van der Waals surface area contributed by atoms with Crippen LogP contribution in [-0.2, 0) is 6.54 Å². The molecule has 0 fully saturated rings. The number of hydrogen-bond acceptors (Lipinski definition) is 4. The topological polar surface area (TPSA) is 94.3 Å². The van der Waals surface area contributed by atoms with Crippen molar-refractivity contribution in [1.82, 2.24) is 4.57 Å². The minimum Gasteiger partial charge on any atom is -0.506 e. The molecular weight excluding hydrogens is 218 g/mol. The second-order valence-electron chi connectivity index (χ2n) is 3.67. The lowest BCUT2D eigenvalue weighted by molar-refractivity contribution is 0.471. The van der Waals surface area contributed by atoms with Gasteiger partial charge < -0.3 is 16.6 Å². The molecule has 0 atom stereocenters. The fourth-order valence-electron chi connectivity index (χ4n) is 1.66. The third kappa shape index (κ3) is 2.00. The highest BCUT2D eigenvalue weighted by atomic mass is 16.3. The quantitative estimate of drug-likeness (QED) is 0.704. The zero-order chi connectivity index (χ0) is 12.4. The van der Waals surface area contributed by atoms with E-state index in [1.807, 2.05) is 0 Å². The number of hydrogen-bond donors (Lipinski definition) is 3. The van der Waals surface area contributed by atoms with Crippen LogP contribution in [0, 0.1) is 0 Å². The smallest absolute Gasteiger partial charge is 0.259 e. The van der Waals surface area contributed by atoms with E-state index in [-0.39, 0.29) is 17.9 Å². The van der Waals surface area contributed by atoms with Crippen LogP contribution in [0.5, 0.6) is 5.75 Å². The van der Waals surface area contributed by atoms with Crippen LogP contribution in [-0.4, -0.2) is 9.67 Å². The van der Waals surface area contributed by atoms with Crippen molar-refractivity contribution in [2.45, 2.75) is 6.54 Å². The number of aromatic hydroxyl groups is 1. The summed E-state index contributed by atoms with van der Waals surface area (Å²) in [5.41, 5.74) is 12.1. The third-order valence-corrected chi connectivity index (χ3v) is 2.47. The fraction of sp³-hybridized carbons (Fsp3) is 0.0833. The maximum atomic E-state index is 12.0. The Morgan fingerprint density at radius 2 is 2.00 bits per heavy atom. The van der Waals surface area contributed by atoms with Gasteiger partial charge in [-0.15, -0.1) is 0 Å². The van der Waals surface area contributed by atoms with Gasteiger partial charge in [0, 0.05) is 24.0 Å². The molecule has 0 spiro atoms. The number of phenolic OH excluding ortho intramolecular Hbond substituents is 1. The minimum atomic E-state index is -0.275. The van der Waals surface area contributed by atoms with E-state index >= 15 is 0 Å². The summed E-state index contributed by atoms with van der Waals surface area (Å²) < 4.78 is 1.30. The van der Waals surface area contributed by atoms with Crippen molar-refractivity contribution < 1.29 is 5.11 Å². The van der Waals surface area contributed by atoms with E-state index in [0.717, 1.165) is 0 Å². The Hall–Kier alpha value is -2.27. The number of nitrogens with zero attached hydrogens (tertiary/aromatic N) is 1. The van der Waals surface area contributed by atoms with Gasteiger partial charge in [-0.05, 0) is 18.2 Å². The van der Waals surface area contributed by atoms with Gasteiger partial charge in [0.2, 0.25) is 0 Å². The molecule has 1 aromatic carbocycles. The highest BCUT2D eigenvalue weighted by Crippen LogP contribution is 2.20. The number of rotatable bonds is 2. The average Bonchev–Trinajstić information content (AvgIpc) is 2.32. The average molecular weight is 231 g/mol.